The Labute approximate surface area is 131 Å². The number of halogens is 1. The number of carbonyl (C=O) groups excluding carboxylic acids is 1. The zero-order chi connectivity index (χ0) is 15.1. The standard InChI is InChI=1S/C15H23ClN4O/c1-2-17-14-11-12(10-13(16)19-14)15(21)18-6-9-20-7-4-3-5-8-20/h10-11H,2-9H2,1H3,(H,17,19)(H,18,21). The van der Waals surface area contributed by atoms with Crippen molar-refractivity contribution in [3.63, 3.8) is 0 Å². The largest absolute Gasteiger partial charge is 0.370 e. The molecule has 1 aromatic heterocycles. The molecule has 0 aromatic carbocycles. The minimum absolute atomic E-state index is 0.101. The van der Waals surface area contributed by atoms with E-state index in [2.05, 4.69) is 20.5 Å². The Hall–Kier alpha value is -1.33. The molecule has 0 unspecified atom stereocenters. The van der Waals surface area contributed by atoms with Crippen molar-refractivity contribution in [3.05, 3.63) is 22.8 Å². The van der Waals surface area contributed by atoms with E-state index < -0.39 is 0 Å². The van der Waals surface area contributed by atoms with Crippen molar-refractivity contribution < 1.29 is 4.79 Å². The van der Waals surface area contributed by atoms with Crippen molar-refractivity contribution in [2.45, 2.75) is 26.2 Å². The van der Waals surface area contributed by atoms with Gasteiger partial charge in [-0.15, -0.1) is 0 Å². The molecular weight excluding hydrogens is 288 g/mol. The van der Waals surface area contributed by atoms with Crippen LogP contribution < -0.4 is 10.6 Å². The highest BCUT2D eigenvalue weighted by atomic mass is 35.5. The summed E-state index contributed by atoms with van der Waals surface area (Å²) in [7, 11) is 0. The third-order valence-corrected chi connectivity index (χ3v) is 3.77. The molecule has 1 saturated heterocycles. The van der Waals surface area contributed by atoms with E-state index in [1.165, 1.54) is 19.3 Å². The lowest BCUT2D eigenvalue weighted by Gasteiger charge is -2.26. The number of nitrogens with one attached hydrogen (secondary N) is 2. The van der Waals surface area contributed by atoms with Gasteiger partial charge >= 0.3 is 0 Å². The summed E-state index contributed by atoms with van der Waals surface area (Å²) in [6.07, 6.45) is 3.85. The Morgan fingerprint density at radius 2 is 2.10 bits per heavy atom. The highest BCUT2D eigenvalue weighted by molar-refractivity contribution is 6.29. The highest BCUT2D eigenvalue weighted by Crippen LogP contribution is 2.14. The molecule has 116 valence electrons. The van der Waals surface area contributed by atoms with Gasteiger partial charge in [0.25, 0.3) is 5.91 Å². The molecule has 1 aromatic rings. The first-order valence-corrected chi connectivity index (χ1v) is 7.99. The summed E-state index contributed by atoms with van der Waals surface area (Å²) in [4.78, 5) is 18.7. The number of hydrogen-bond donors (Lipinski definition) is 2. The van der Waals surface area contributed by atoms with E-state index >= 15 is 0 Å². The third-order valence-electron chi connectivity index (χ3n) is 3.58. The van der Waals surface area contributed by atoms with Crippen molar-refractivity contribution in [2.24, 2.45) is 0 Å². The first-order chi connectivity index (χ1) is 10.2. The molecule has 2 rings (SSSR count). The Bertz CT molecular complexity index is 475. The Kier molecular flexibility index (Phi) is 6.26. The van der Waals surface area contributed by atoms with E-state index in [4.69, 9.17) is 11.6 Å². The first-order valence-electron chi connectivity index (χ1n) is 7.61. The molecule has 1 aliphatic rings. The molecule has 1 amide bonds. The van der Waals surface area contributed by atoms with Crippen LogP contribution in [-0.4, -0.2) is 48.5 Å². The van der Waals surface area contributed by atoms with Crippen molar-refractivity contribution in [2.75, 3.05) is 38.0 Å². The lowest BCUT2D eigenvalue weighted by atomic mass is 10.1. The quantitative estimate of drug-likeness (QED) is 0.792. The summed E-state index contributed by atoms with van der Waals surface area (Å²) in [6.45, 7) is 6.56. The van der Waals surface area contributed by atoms with Crippen LogP contribution >= 0.6 is 11.6 Å². The van der Waals surface area contributed by atoms with E-state index in [1.54, 1.807) is 12.1 Å². The highest BCUT2D eigenvalue weighted by Gasteiger charge is 2.12. The van der Waals surface area contributed by atoms with E-state index in [9.17, 15) is 4.79 Å². The zero-order valence-electron chi connectivity index (χ0n) is 12.5. The molecule has 0 atom stereocenters. The number of rotatable bonds is 6. The Morgan fingerprint density at radius 1 is 1.33 bits per heavy atom. The number of likely N-dealkylation sites (tertiary alicyclic amines) is 1. The van der Waals surface area contributed by atoms with Gasteiger partial charge in [-0.1, -0.05) is 18.0 Å². The predicted molar refractivity (Wildman–Crippen MR) is 86.0 cm³/mol. The lowest BCUT2D eigenvalue weighted by Crippen LogP contribution is -2.37. The van der Waals surface area contributed by atoms with Crippen LogP contribution in [0.15, 0.2) is 12.1 Å². The van der Waals surface area contributed by atoms with Gasteiger partial charge in [0.05, 0.1) is 0 Å². The van der Waals surface area contributed by atoms with Crippen molar-refractivity contribution in [3.8, 4) is 0 Å². The summed E-state index contributed by atoms with van der Waals surface area (Å²) in [5.74, 6) is 0.529. The van der Waals surface area contributed by atoms with E-state index in [0.717, 1.165) is 26.2 Å². The van der Waals surface area contributed by atoms with Gasteiger partial charge in [0.15, 0.2) is 0 Å². The molecule has 1 fully saturated rings. The SMILES string of the molecule is CCNc1cc(C(=O)NCCN2CCCCC2)cc(Cl)n1. The van der Waals surface area contributed by atoms with Crippen LogP contribution in [0, 0.1) is 0 Å². The van der Waals surface area contributed by atoms with E-state index in [1.807, 2.05) is 6.92 Å². The molecule has 21 heavy (non-hydrogen) atoms. The summed E-state index contributed by atoms with van der Waals surface area (Å²) < 4.78 is 0. The van der Waals surface area contributed by atoms with Gasteiger partial charge in [-0.3, -0.25) is 4.79 Å². The summed E-state index contributed by atoms with van der Waals surface area (Å²) in [6, 6.07) is 3.32. The molecular formula is C15H23ClN4O. The smallest absolute Gasteiger partial charge is 0.251 e. The summed E-state index contributed by atoms with van der Waals surface area (Å²) >= 11 is 5.95. The van der Waals surface area contributed by atoms with Crippen LogP contribution in [0.3, 0.4) is 0 Å². The van der Waals surface area contributed by atoms with Crippen LogP contribution in [0.25, 0.3) is 0 Å². The molecule has 0 saturated carbocycles. The number of aromatic nitrogens is 1. The second-order valence-electron chi connectivity index (χ2n) is 5.25. The van der Waals surface area contributed by atoms with E-state index in [0.29, 0.717) is 23.1 Å². The molecule has 0 spiro atoms. The maximum absolute atomic E-state index is 12.2. The number of carbonyl (C=O) groups is 1. The number of piperidine rings is 1. The van der Waals surface area contributed by atoms with Gasteiger partial charge in [0, 0.05) is 25.2 Å². The molecule has 2 heterocycles. The number of hydrogen-bond acceptors (Lipinski definition) is 4. The second kappa shape index (κ2) is 8.20. The minimum Gasteiger partial charge on any atom is -0.370 e. The van der Waals surface area contributed by atoms with Gasteiger partial charge < -0.3 is 15.5 Å². The van der Waals surface area contributed by atoms with Crippen molar-refractivity contribution >= 4 is 23.3 Å². The Balaban J connectivity index is 1.84. The van der Waals surface area contributed by atoms with Gasteiger partial charge in [-0.25, -0.2) is 4.98 Å². The summed E-state index contributed by atoms with van der Waals surface area (Å²) in [5.41, 5.74) is 0.546. The monoisotopic (exact) mass is 310 g/mol. The molecule has 0 aliphatic carbocycles. The normalized spacial score (nSPS) is 15.7. The number of anilines is 1. The zero-order valence-corrected chi connectivity index (χ0v) is 13.2. The fourth-order valence-corrected chi connectivity index (χ4v) is 2.72. The topological polar surface area (TPSA) is 57.3 Å². The van der Waals surface area contributed by atoms with Crippen molar-refractivity contribution in [1.82, 2.24) is 15.2 Å². The number of pyridine rings is 1. The lowest BCUT2D eigenvalue weighted by molar-refractivity contribution is 0.0946. The first kappa shape index (κ1) is 16.0. The maximum atomic E-state index is 12.2. The van der Waals surface area contributed by atoms with Gasteiger partial charge in [-0.05, 0) is 45.0 Å². The molecule has 5 nitrogen and oxygen atoms in total. The predicted octanol–water partition coefficient (Wildman–Crippen LogP) is 2.38. The molecule has 2 N–H and O–H groups in total. The molecule has 1 aliphatic heterocycles. The van der Waals surface area contributed by atoms with Gasteiger partial charge in [0.2, 0.25) is 0 Å². The maximum Gasteiger partial charge on any atom is 0.251 e. The van der Waals surface area contributed by atoms with Gasteiger partial charge in [-0.2, -0.15) is 0 Å². The molecule has 0 radical (unpaired) electrons. The molecule has 6 heteroatoms. The van der Waals surface area contributed by atoms with Crippen molar-refractivity contribution in [1.29, 1.82) is 0 Å². The van der Waals surface area contributed by atoms with Crippen LogP contribution in [-0.2, 0) is 0 Å². The fourth-order valence-electron chi connectivity index (χ4n) is 2.51. The molecule has 0 bridgehead atoms. The van der Waals surface area contributed by atoms with E-state index in [-0.39, 0.29) is 5.91 Å². The average Bonchev–Trinajstić information content (AvgIpc) is 2.48. The fraction of sp³-hybridized carbons (Fsp3) is 0.600. The second-order valence-corrected chi connectivity index (χ2v) is 5.64. The van der Waals surface area contributed by atoms with Crippen LogP contribution in [0.4, 0.5) is 5.82 Å². The Morgan fingerprint density at radius 3 is 2.81 bits per heavy atom. The van der Waals surface area contributed by atoms with Crippen LogP contribution in [0.2, 0.25) is 5.15 Å². The number of nitrogens with zero attached hydrogens (tertiary/aromatic N) is 2. The van der Waals surface area contributed by atoms with Gasteiger partial charge in [0.1, 0.15) is 11.0 Å². The average molecular weight is 311 g/mol. The number of amides is 1. The third kappa shape index (κ3) is 5.17. The summed E-state index contributed by atoms with van der Waals surface area (Å²) in [5, 5.41) is 6.34. The van der Waals surface area contributed by atoms with Crippen LogP contribution in [0.1, 0.15) is 36.5 Å². The van der Waals surface area contributed by atoms with Crippen LogP contribution in [0.5, 0.6) is 0 Å². The minimum atomic E-state index is -0.101.